The fourth-order valence-electron chi connectivity index (χ4n) is 5.63. The number of rotatable bonds is 7. The quantitative estimate of drug-likeness (QED) is 0.161. The first kappa shape index (κ1) is 26.5. The molecule has 5 rings (SSSR count). The molecule has 0 aliphatic carbocycles. The van der Waals surface area contributed by atoms with Gasteiger partial charge in [-0.05, 0) is 0 Å². The third-order valence-corrected chi connectivity index (χ3v) is 15.5. The summed E-state index contributed by atoms with van der Waals surface area (Å²) in [6.45, 7) is 11.5. The Morgan fingerprint density at radius 1 is 0.649 bits per heavy atom. The van der Waals surface area contributed by atoms with E-state index in [2.05, 4.69) is 144 Å². The minimum atomic E-state index is -2.06. The van der Waals surface area contributed by atoms with E-state index in [0.717, 1.165) is 13.1 Å². The van der Waals surface area contributed by atoms with Crippen molar-refractivity contribution in [3.8, 4) is 11.1 Å². The molecule has 0 saturated carbocycles. The summed E-state index contributed by atoms with van der Waals surface area (Å²) < 4.78 is 7.99. The molecule has 0 amide bonds. The Bertz CT molecular complexity index is 1310. The summed E-state index contributed by atoms with van der Waals surface area (Å²) in [5.41, 5.74) is 5.33. The van der Waals surface area contributed by atoms with Crippen LogP contribution in [0.2, 0.25) is 0 Å². The number of fused-ring (bicyclic) bond motifs is 7. The second kappa shape index (κ2) is 10.6. The van der Waals surface area contributed by atoms with Gasteiger partial charge in [0.2, 0.25) is 0 Å². The molecule has 0 aromatic heterocycles. The summed E-state index contributed by atoms with van der Waals surface area (Å²) >= 11 is 3.85. The van der Waals surface area contributed by atoms with Crippen LogP contribution >= 0.6 is 6.40 Å². The van der Waals surface area contributed by atoms with Gasteiger partial charge in [0, 0.05) is 0 Å². The third kappa shape index (κ3) is 4.68. The molecule has 0 atom stereocenters. The van der Waals surface area contributed by atoms with Crippen LogP contribution in [0.25, 0.3) is 32.7 Å². The summed E-state index contributed by atoms with van der Waals surface area (Å²) in [7, 11) is 4.64. The predicted molar refractivity (Wildman–Crippen MR) is 167 cm³/mol. The third-order valence-electron chi connectivity index (χ3n) is 7.84. The fourth-order valence-corrected chi connectivity index (χ4v) is 10.6. The van der Waals surface area contributed by atoms with Gasteiger partial charge < -0.3 is 0 Å². The van der Waals surface area contributed by atoms with E-state index < -0.39 is 6.40 Å². The van der Waals surface area contributed by atoms with Gasteiger partial charge in [0.25, 0.3) is 0 Å². The molecule has 193 valence electrons. The van der Waals surface area contributed by atoms with Crippen LogP contribution in [0.4, 0.5) is 11.4 Å². The van der Waals surface area contributed by atoms with E-state index in [4.69, 9.17) is 0 Å². The first-order chi connectivity index (χ1) is 17.7. The first-order valence-electron chi connectivity index (χ1n) is 13.6. The van der Waals surface area contributed by atoms with E-state index in [1.54, 1.807) is 0 Å². The molecule has 4 aromatic carbocycles. The van der Waals surface area contributed by atoms with Crippen molar-refractivity contribution in [2.75, 3.05) is 36.5 Å². The van der Waals surface area contributed by atoms with Crippen LogP contribution < -0.4 is 9.34 Å². The zero-order valence-corrected chi connectivity index (χ0v) is 25.7. The topological polar surface area (TPSA) is 9.72 Å². The molecule has 0 unspecified atom stereocenters. The van der Waals surface area contributed by atoms with Gasteiger partial charge in [0.1, 0.15) is 0 Å². The molecule has 0 N–H and O–H groups in total. The normalized spacial score (nSPS) is 15.1. The van der Waals surface area contributed by atoms with Gasteiger partial charge in [0.15, 0.2) is 0 Å². The number of benzene rings is 4. The second-order valence-corrected chi connectivity index (χ2v) is 17.1. The molecule has 1 radical (unpaired) electrons. The van der Waals surface area contributed by atoms with Crippen molar-refractivity contribution in [2.24, 2.45) is 11.8 Å². The van der Waals surface area contributed by atoms with E-state index in [9.17, 15) is 0 Å². The van der Waals surface area contributed by atoms with Gasteiger partial charge in [-0.1, -0.05) is 0 Å². The zero-order valence-electron chi connectivity index (χ0n) is 23.1. The van der Waals surface area contributed by atoms with Gasteiger partial charge in [-0.2, -0.15) is 0 Å². The van der Waals surface area contributed by atoms with E-state index in [1.807, 2.05) is 0 Å². The van der Waals surface area contributed by atoms with Crippen LogP contribution in [0.1, 0.15) is 40.5 Å². The summed E-state index contributed by atoms with van der Waals surface area (Å²) in [5, 5.41) is 5.22. The average molecular weight is 577 g/mol. The average Bonchev–Trinajstić information content (AvgIpc) is 2.96. The van der Waals surface area contributed by atoms with Crippen LogP contribution in [0, 0.1) is 11.8 Å². The van der Waals surface area contributed by atoms with Crippen LogP contribution in [0.5, 0.6) is 0 Å². The van der Waals surface area contributed by atoms with Crippen molar-refractivity contribution >= 4 is 54.9 Å². The second-order valence-electron chi connectivity index (χ2n) is 11.2. The molecule has 5 heteroatoms. The number of hydrogen-bond acceptors (Lipinski definition) is 3. The monoisotopic (exact) mass is 577 g/mol. The van der Waals surface area contributed by atoms with E-state index in [1.165, 1.54) is 56.9 Å². The van der Waals surface area contributed by atoms with Crippen molar-refractivity contribution in [2.45, 2.75) is 40.5 Å². The predicted octanol–water partition coefficient (Wildman–Crippen LogP) is 8.79. The van der Waals surface area contributed by atoms with Crippen LogP contribution in [-0.4, -0.2) is 47.4 Å². The molecule has 1 aliphatic heterocycles. The molecule has 4 aromatic rings. The van der Waals surface area contributed by atoms with Crippen molar-refractivity contribution < 1.29 is 0 Å². The van der Waals surface area contributed by atoms with Crippen molar-refractivity contribution in [3.05, 3.63) is 72.8 Å². The number of hydrogen-bond donors (Lipinski definition) is 0. The number of anilines is 2. The van der Waals surface area contributed by atoms with Gasteiger partial charge in [-0.25, -0.2) is 0 Å². The van der Waals surface area contributed by atoms with Crippen LogP contribution in [-0.2, 0) is 0 Å². The summed E-state index contributed by atoms with van der Waals surface area (Å²) in [4.78, 5) is 0. The Hall–Kier alpha value is -2.09. The summed E-state index contributed by atoms with van der Waals surface area (Å²) in [6, 6.07) is 27.1. The summed E-state index contributed by atoms with van der Waals surface area (Å²) in [5.74, 6) is 1.34. The molecule has 1 heterocycles. The maximum absolute atomic E-state index is 3.85. The molecule has 0 fully saturated rings. The number of nitrogens with zero attached hydrogens (tertiary/aromatic N) is 3. The molecule has 0 saturated heterocycles. The van der Waals surface area contributed by atoms with Crippen molar-refractivity contribution in [1.29, 1.82) is 0 Å². The Balaban J connectivity index is 1.82. The Morgan fingerprint density at radius 2 is 1.05 bits per heavy atom. The maximum atomic E-state index is 3.85. The molecular formula is C32H40N3PSe+. The first-order valence-corrected chi connectivity index (χ1v) is 17.5. The molecular weight excluding hydrogens is 536 g/mol. The molecule has 1 aliphatic rings. The summed E-state index contributed by atoms with van der Waals surface area (Å²) in [6.07, 6.45) is 0.328. The minimum absolute atomic E-state index is 0.670. The van der Waals surface area contributed by atoms with E-state index in [-0.39, 0.29) is 0 Å². The van der Waals surface area contributed by atoms with E-state index in [0.29, 0.717) is 11.8 Å². The Kier molecular flexibility index (Phi) is 7.58. The molecule has 0 bridgehead atoms. The van der Waals surface area contributed by atoms with Gasteiger partial charge in [0.05, 0.1) is 0 Å². The van der Waals surface area contributed by atoms with Gasteiger partial charge in [-0.15, -0.1) is 0 Å². The van der Waals surface area contributed by atoms with Crippen molar-refractivity contribution in [1.82, 2.24) is 4.67 Å². The van der Waals surface area contributed by atoms with Crippen molar-refractivity contribution in [3.63, 3.8) is 0 Å². The Morgan fingerprint density at radius 3 is 1.46 bits per heavy atom. The molecule has 37 heavy (non-hydrogen) atoms. The van der Waals surface area contributed by atoms with Crippen LogP contribution in [0.3, 0.4) is 0 Å². The SMILES string of the molecule is CC(C)CCN(CCC(C)C)[P+]1([Se])N(C)c2ccc3ccccc3c2-c2c(ccc3ccccc23)N1C. The zero-order chi connectivity index (χ0) is 26.3. The molecule has 3 nitrogen and oxygen atoms in total. The standard InChI is InChI=1S/C32H40N3PSe/c1-23(2)19-21-35(22-20-24(3)4)36(37)33(5)29-17-15-25-11-7-9-13-27(25)31(29)32-28-14-10-8-12-26(28)16-18-30(32)34(36)6/h7-18,23-24H,19-22H2,1-6H3/q+1. The fraction of sp³-hybridized carbons (Fsp3) is 0.375. The van der Waals surface area contributed by atoms with Gasteiger partial charge in [-0.3, -0.25) is 0 Å². The molecule has 0 spiro atoms. The van der Waals surface area contributed by atoms with Gasteiger partial charge >= 0.3 is 232 Å². The van der Waals surface area contributed by atoms with E-state index >= 15 is 0 Å². The Labute approximate surface area is 231 Å². The van der Waals surface area contributed by atoms with Crippen LogP contribution in [0.15, 0.2) is 72.8 Å².